The van der Waals surface area contributed by atoms with Crippen molar-refractivity contribution in [1.29, 1.82) is 0 Å². The highest BCUT2D eigenvalue weighted by Crippen LogP contribution is 2.17. The molecule has 1 amide bonds. The number of rotatable bonds is 7. The fourth-order valence-electron chi connectivity index (χ4n) is 1.78. The number of amides is 1. The summed E-state index contributed by atoms with van der Waals surface area (Å²) in [5, 5.41) is 9.61. The van der Waals surface area contributed by atoms with Crippen LogP contribution in [-0.2, 0) is 4.79 Å². The Kier molecular flexibility index (Phi) is 5.58. The molecule has 0 fully saturated rings. The zero-order chi connectivity index (χ0) is 13.5. The SMILES string of the molecule is C=NCCN(C)C(=O)CCCN1C(=C)C=CC1O. The molecular formula is C13H21N3O2. The summed E-state index contributed by atoms with van der Waals surface area (Å²) in [6.45, 7) is 9.00. The van der Waals surface area contributed by atoms with Gasteiger partial charge < -0.3 is 14.9 Å². The summed E-state index contributed by atoms with van der Waals surface area (Å²) < 4.78 is 0. The van der Waals surface area contributed by atoms with Crippen molar-refractivity contribution in [3.63, 3.8) is 0 Å². The molecule has 1 heterocycles. The van der Waals surface area contributed by atoms with Crippen LogP contribution in [0, 0.1) is 0 Å². The maximum Gasteiger partial charge on any atom is 0.222 e. The molecule has 0 aromatic carbocycles. The van der Waals surface area contributed by atoms with E-state index in [1.165, 1.54) is 0 Å². The minimum atomic E-state index is -0.602. The molecule has 1 aliphatic rings. The van der Waals surface area contributed by atoms with E-state index in [1.807, 2.05) is 0 Å². The van der Waals surface area contributed by atoms with Gasteiger partial charge in [-0.2, -0.15) is 0 Å². The molecule has 0 spiro atoms. The number of hydrogen-bond donors (Lipinski definition) is 1. The Balaban J connectivity index is 2.23. The molecule has 100 valence electrons. The first-order valence-corrected chi connectivity index (χ1v) is 6.04. The van der Waals surface area contributed by atoms with Crippen molar-refractivity contribution in [2.75, 3.05) is 26.7 Å². The average Bonchev–Trinajstić information content (AvgIpc) is 2.67. The van der Waals surface area contributed by atoms with Gasteiger partial charge in [-0.05, 0) is 25.3 Å². The van der Waals surface area contributed by atoms with Crippen LogP contribution in [0.15, 0.2) is 29.4 Å². The summed E-state index contributed by atoms with van der Waals surface area (Å²) in [7, 11) is 1.76. The van der Waals surface area contributed by atoms with Gasteiger partial charge in [-0.1, -0.05) is 6.58 Å². The summed E-state index contributed by atoms with van der Waals surface area (Å²) in [6.07, 6.45) is 4.03. The first kappa shape index (κ1) is 14.4. The van der Waals surface area contributed by atoms with Crippen molar-refractivity contribution in [2.24, 2.45) is 4.99 Å². The largest absolute Gasteiger partial charge is 0.370 e. The van der Waals surface area contributed by atoms with Crippen molar-refractivity contribution in [1.82, 2.24) is 9.80 Å². The number of carbonyl (C=O) groups excluding carboxylic acids is 1. The van der Waals surface area contributed by atoms with Crippen molar-refractivity contribution < 1.29 is 9.90 Å². The normalized spacial score (nSPS) is 18.2. The number of aliphatic imine (C=N–C) groups is 1. The van der Waals surface area contributed by atoms with Gasteiger partial charge in [0.25, 0.3) is 0 Å². The van der Waals surface area contributed by atoms with Crippen LogP contribution in [0.25, 0.3) is 0 Å². The Morgan fingerprint density at radius 1 is 1.67 bits per heavy atom. The minimum absolute atomic E-state index is 0.0888. The van der Waals surface area contributed by atoms with Gasteiger partial charge in [-0.15, -0.1) is 0 Å². The molecule has 18 heavy (non-hydrogen) atoms. The Morgan fingerprint density at radius 2 is 2.39 bits per heavy atom. The highest BCUT2D eigenvalue weighted by molar-refractivity contribution is 5.75. The summed E-state index contributed by atoms with van der Waals surface area (Å²) in [4.78, 5) is 18.9. The van der Waals surface area contributed by atoms with E-state index in [2.05, 4.69) is 18.3 Å². The number of hydrogen-bond acceptors (Lipinski definition) is 4. The maximum atomic E-state index is 11.7. The van der Waals surface area contributed by atoms with Gasteiger partial charge in [0.15, 0.2) is 0 Å². The smallest absolute Gasteiger partial charge is 0.222 e. The third-order valence-corrected chi connectivity index (χ3v) is 2.96. The van der Waals surface area contributed by atoms with E-state index in [0.29, 0.717) is 32.5 Å². The molecule has 0 bridgehead atoms. The number of carbonyl (C=O) groups is 1. The van der Waals surface area contributed by atoms with E-state index < -0.39 is 6.23 Å². The summed E-state index contributed by atoms with van der Waals surface area (Å²) in [5.41, 5.74) is 0.791. The third kappa shape index (κ3) is 4.00. The van der Waals surface area contributed by atoms with E-state index in [4.69, 9.17) is 0 Å². The Labute approximate surface area is 108 Å². The molecule has 1 atom stereocenters. The molecule has 0 saturated carbocycles. The van der Waals surface area contributed by atoms with Crippen LogP contribution in [0.3, 0.4) is 0 Å². The number of nitrogens with zero attached hydrogens (tertiary/aromatic N) is 3. The molecule has 0 radical (unpaired) electrons. The molecule has 5 nitrogen and oxygen atoms in total. The number of allylic oxidation sites excluding steroid dienone is 1. The van der Waals surface area contributed by atoms with E-state index in [9.17, 15) is 9.90 Å². The topological polar surface area (TPSA) is 56.1 Å². The van der Waals surface area contributed by atoms with Gasteiger partial charge in [0.1, 0.15) is 6.23 Å². The molecule has 1 N–H and O–H groups in total. The highest BCUT2D eigenvalue weighted by Gasteiger charge is 2.19. The number of aliphatic hydroxyl groups is 1. The lowest BCUT2D eigenvalue weighted by atomic mass is 10.2. The van der Waals surface area contributed by atoms with Gasteiger partial charge in [0.2, 0.25) is 5.91 Å². The van der Waals surface area contributed by atoms with Crippen LogP contribution < -0.4 is 0 Å². The quantitative estimate of drug-likeness (QED) is 0.675. The van der Waals surface area contributed by atoms with E-state index in [1.54, 1.807) is 29.0 Å². The third-order valence-electron chi connectivity index (χ3n) is 2.96. The molecule has 1 unspecified atom stereocenters. The second-order valence-corrected chi connectivity index (χ2v) is 4.32. The van der Waals surface area contributed by atoms with Crippen LogP contribution in [0.4, 0.5) is 0 Å². The summed E-state index contributed by atoms with van der Waals surface area (Å²) in [6, 6.07) is 0. The number of likely N-dealkylation sites (N-methyl/N-ethyl adjacent to an activating group) is 1. The highest BCUT2D eigenvalue weighted by atomic mass is 16.3. The second-order valence-electron chi connectivity index (χ2n) is 4.32. The van der Waals surface area contributed by atoms with Crippen molar-refractivity contribution in [2.45, 2.75) is 19.1 Å². The molecule has 0 saturated heterocycles. The lowest BCUT2D eigenvalue weighted by Gasteiger charge is -2.24. The molecule has 1 rings (SSSR count). The fourth-order valence-corrected chi connectivity index (χ4v) is 1.78. The number of aliphatic hydroxyl groups excluding tert-OH is 1. The van der Waals surface area contributed by atoms with Gasteiger partial charge in [-0.3, -0.25) is 9.79 Å². The van der Waals surface area contributed by atoms with Gasteiger partial charge >= 0.3 is 0 Å². The van der Waals surface area contributed by atoms with Gasteiger partial charge in [0, 0.05) is 32.3 Å². The van der Waals surface area contributed by atoms with Gasteiger partial charge in [0.05, 0.1) is 6.54 Å². The van der Waals surface area contributed by atoms with E-state index in [0.717, 1.165) is 5.70 Å². The van der Waals surface area contributed by atoms with Crippen LogP contribution in [0.5, 0.6) is 0 Å². The molecule has 1 aliphatic heterocycles. The Hall–Kier alpha value is -1.62. The Bertz CT molecular complexity index is 352. The molecule has 0 aromatic rings. The Morgan fingerprint density at radius 3 is 2.94 bits per heavy atom. The standard InChI is InChI=1S/C13H21N3O2/c1-11-6-7-13(18)16(11)9-4-5-12(17)15(3)10-8-14-2/h6-7,13,18H,1-2,4-5,8-10H2,3H3. The van der Waals surface area contributed by atoms with Crippen LogP contribution in [0.2, 0.25) is 0 Å². The summed E-state index contributed by atoms with van der Waals surface area (Å²) in [5.74, 6) is 0.0888. The summed E-state index contributed by atoms with van der Waals surface area (Å²) >= 11 is 0. The molecule has 5 heteroatoms. The first-order valence-electron chi connectivity index (χ1n) is 6.04. The second kappa shape index (κ2) is 6.96. The maximum absolute atomic E-state index is 11.7. The molecule has 0 aliphatic carbocycles. The van der Waals surface area contributed by atoms with Crippen molar-refractivity contribution in [3.05, 3.63) is 24.4 Å². The predicted octanol–water partition coefficient (Wildman–Crippen LogP) is 0.630. The van der Waals surface area contributed by atoms with Crippen LogP contribution in [0.1, 0.15) is 12.8 Å². The van der Waals surface area contributed by atoms with E-state index >= 15 is 0 Å². The monoisotopic (exact) mass is 251 g/mol. The molecular weight excluding hydrogens is 230 g/mol. The van der Waals surface area contributed by atoms with Crippen LogP contribution in [-0.4, -0.2) is 60.4 Å². The fraction of sp³-hybridized carbons (Fsp3) is 0.538. The van der Waals surface area contributed by atoms with E-state index in [-0.39, 0.29) is 5.91 Å². The van der Waals surface area contributed by atoms with Crippen molar-refractivity contribution in [3.8, 4) is 0 Å². The average molecular weight is 251 g/mol. The van der Waals surface area contributed by atoms with Crippen molar-refractivity contribution >= 4 is 12.6 Å². The predicted molar refractivity (Wildman–Crippen MR) is 72.3 cm³/mol. The molecule has 0 aromatic heterocycles. The van der Waals surface area contributed by atoms with Gasteiger partial charge in [-0.25, -0.2) is 0 Å². The first-order chi connectivity index (χ1) is 8.56. The lowest BCUT2D eigenvalue weighted by Crippen LogP contribution is -2.32. The zero-order valence-electron chi connectivity index (χ0n) is 10.9. The minimum Gasteiger partial charge on any atom is -0.370 e. The zero-order valence-corrected chi connectivity index (χ0v) is 10.9. The lowest BCUT2D eigenvalue weighted by molar-refractivity contribution is -0.130. The van der Waals surface area contributed by atoms with Crippen LogP contribution >= 0.6 is 0 Å².